The molecule has 3 aliphatic rings. The second kappa shape index (κ2) is 4.78. The summed E-state index contributed by atoms with van der Waals surface area (Å²) in [4.78, 5) is 23.6. The summed E-state index contributed by atoms with van der Waals surface area (Å²) in [7, 11) is -3.79. The summed E-state index contributed by atoms with van der Waals surface area (Å²) in [6.07, 6.45) is -0.0633. The summed E-state index contributed by atoms with van der Waals surface area (Å²) in [6.45, 7) is 0. The highest BCUT2D eigenvalue weighted by Crippen LogP contribution is 2.57. The molecule has 4 rings (SSSR count). The third-order valence-corrected chi connectivity index (χ3v) is 6.72. The van der Waals surface area contributed by atoms with E-state index in [1.54, 1.807) is 18.2 Å². The molecular weight excluding hydrogens is 322 g/mol. The molecule has 8 heteroatoms. The van der Waals surface area contributed by atoms with Gasteiger partial charge in [-0.3, -0.25) is 9.59 Å². The van der Waals surface area contributed by atoms with Crippen molar-refractivity contribution < 1.29 is 27.9 Å². The normalized spacial score (nSPS) is 37.8. The Bertz CT molecular complexity index is 776. The number of sulfonamides is 1. The lowest BCUT2D eigenvalue weighted by Crippen LogP contribution is -2.50. The number of hydrogen-bond donors (Lipinski definition) is 2. The molecule has 1 aromatic carbocycles. The molecule has 3 fully saturated rings. The average Bonchev–Trinajstić information content (AvgIpc) is 3.11. The standard InChI is InChI=1S/C15H15NO6S/c17-14(18)10-8-6-9-11(10)15(19)22-13(9)12(8)16-23(20,21)7-4-2-1-3-5-7/h1-5,8-13,16H,6H2,(H,17,18)/t8-,9-,10+,11-,12+,13-/m0/s1. The fraction of sp³-hybridized carbons (Fsp3) is 0.467. The fourth-order valence-corrected chi connectivity index (χ4v) is 5.71. The van der Waals surface area contributed by atoms with Gasteiger partial charge in [0, 0.05) is 5.92 Å². The second-order valence-electron chi connectivity index (χ2n) is 6.31. The molecule has 122 valence electrons. The van der Waals surface area contributed by atoms with Crippen LogP contribution in [0.4, 0.5) is 0 Å². The van der Waals surface area contributed by atoms with E-state index < -0.39 is 51.9 Å². The van der Waals surface area contributed by atoms with Crippen molar-refractivity contribution in [2.45, 2.75) is 23.5 Å². The number of fused-ring (bicyclic) bond motifs is 1. The second-order valence-corrected chi connectivity index (χ2v) is 8.03. The summed E-state index contributed by atoms with van der Waals surface area (Å²) in [5, 5.41) is 9.42. The summed E-state index contributed by atoms with van der Waals surface area (Å²) in [6, 6.07) is 7.18. The van der Waals surface area contributed by atoms with E-state index >= 15 is 0 Å². The number of aliphatic carboxylic acids is 1. The van der Waals surface area contributed by atoms with Crippen molar-refractivity contribution in [1.29, 1.82) is 0 Å². The van der Waals surface area contributed by atoms with Crippen molar-refractivity contribution in [2.75, 3.05) is 0 Å². The first-order chi connectivity index (χ1) is 10.9. The van der Waals surface area contributed by atoms with Crippen molar-refractivity contribution in [3.05, 3.63) is 30.3 Å². The third kappa shape index (κ3) is 2.01. The number of benzene rings is 1. The first kappa shape index (κ1) is 14.6. The molecule has 0 amide bonds. The van der Waals surface area contributed by atoms with Crippen LogP contribution < -0.4 is 4.72 Å². The predicted octanol–water partition coefficient (Wildman–Crippen LogP) is 0.226. The van der Waals surface area contributed by atoms with Gasteiger partial charge < -0.3 is 9.84 Å². The fourth-order valence-electron chi connectivity index (χ4n) is 4.39. The summed E-state index contributed by atoms with van der Waals surface area (Å²) in [5.74, 6) is -3.73. The van der Waals surface area contributed by atoms with Crippen LogP contribution in [0.15, 0.2) is 35.2 Å². The monoisotopic (exact) mass is 337 g/mol. The summed E-state index contributed by atoms with van der Waals surface area (Å²) >= 11 is 0. The van der Waals surface area contributed by atoms with Gasteiger partial charge in [-0.1, -0.05) is 18.2 Å². The quantitative estimate of drug-likeness (QED) is 0.761. The van der Waals surface area contributed by atoms with Gasteiger partial charge in [-0.2, -0.15) is 0 Å². The van der Waals surface area contributed by atoms with E-state index in [0.29, 0.717) is 6.42 Å². The summed E-state index contributed by atoms with van der Waals surface area (Å²) in [5.41, 5.74) is 0. The number of ether oxygens (including phenoxy) is 1. The van der Waals surface area contributed by atoms with Gasteiger partial charge in [-0.05, 0) is 24.5 Å². The van der Waals surface area contributed by atoms with E-state index in [9.17, 15) is 23.1 Å². The van der Waals surface area contributed by atoms with E-state index in [1.807, 2.05) is 0 Å². The van der Waals surface area contributed by atoms with Gasteiger partial charge in [-0.25, -0.2) is 13.1 Å². The zero-order valence-electron chi connectivity index (χ0n) is 12.0. The van der Waals surface area contributed by atoms with E-state index in [-0.39, 0.29) is 10.8 Å². The van der Waals surface area contributed by atoms with Gasteiger partial charge in [0.2, 0.25) is 10.0 Å². The van der Waals surface area contributed by atoms with Crippen molar-refractivity contribution in [1.82, 2.24) is 4.72 Å². The number of carboxylic acid groups (broad SMARTS) is 1. The molecule has 7 nitrogen and oxygen atoms in total. The number of nitrogens with one attached hydrogen (secondary N) is 1. The molecule has 0 aromatic heterocycles. The van der Waals surface area contributed by atoms with E-state index in [1.165, 1.54) is 12.1 Å². The maximum Gasteiger partial charge on any atom is 0.310 e. The largest absolute Gasteiger partial charge is 0.481 e. The molecule has 2 bridgehead atoms. The Balaban J connectivity index is 1.66. The predicted molar refractivity (Wildman–Crippen MR) is 76.6 cm³/mol. The Morgan fingerprint density at radius 3 is 2.57 bits per heavy atom. The number of esters is 1. The number of carbonyl (C=O) groups is 2. The maximum atomic E-state index is 12.5. The van der Waals surface area contributed by atoms with Gasteiger partial charge >= 0.3 is 11.9 Å². The zero-order chi connectivity index (χ0) is 16.4. The highest BCUT2D eigenvalue weighted by atomic mass is 32.2. The first-order valence-electron chi connectivity index (χ1n) is 7.41. The Morgan fingerprint density at radius 1 is 1.22 bits per heavy atom. The minimum atomic E-state index is -3.79. The maximum absolute atomic E-state index is 12.5. The Kier molecular flexibility index (Phi) is 3.05. The van der Waals surface area contributed by atoms with E-state index in [2.05, 4.69) is 4.72 Å². The van der Waals surface area contributed by atoms with Crippen molar-refractivity contribution >= 4 is 22.0 Å². The molecule has 23 heavy (non-hydrogen) atoms. The van der Waals surface area contributed by atoms with Crippen LogP contribution in [0.2, 0.25) is 0 Å². The smallest absolute Gasteiger partial charge is 0.310 e. The zero-order valence-corrected chi connectivity index (χ0v) is 12.8. The Labute approximate surface area is 132 Å². The van der Waals surface area contributed by atoms with Crippen LogP contribution in [-0.2, 0) is 24.3 Å². The Hall–Kier alpha value is -1.93. The highest BCUT2D eigenvalue weighted by molar-refractivity contribution is 7.89. The summed E-state index contributed by atoms with van der Waals surface area (Å²) < 4.78 is 32.8. The van der Waals surface area contributed by atoms with Crippen LogP contribution in [0.25, 0.3) is 0 Å². The van der Waals surface area contributed by atoms with Gasteiger partial charge in [0.25, 0.3) is 0 Å². The molecule has 1 heterocycles. The lowest BCUT2D eigenvalue weighted by Gasteiger charge is -2.29. The Morgan fingerprint density at radius 2 is 1.91 bits per heavy atom. The molecule has 0 unspecified atom stereocenters. The van der Waals surface area contributed by atoms with Crippen LogP contribution in [0, 0.1) is 23.7 Å². The van der Waals surface area contributed by atoms with E-state index in [0.717, 1.165) is 0 Å². The highest BCUT2D eigenvalue weighted by Gasteiger charge is 2.69. The molecule has 6 atom stereocenters. The number of hydrogen-bond acceptors (Lipinski definition) is 5. The van der Waals surface area contributed by atoms with Gasteiger partial charge in [0.05, 0.1) is 22.8 Å². The van der Waals surface area contributed by atoms with E-state index in [4.69, 9.17) is 4.74 Å². The minimum Gasteiger partial charge on any atom is -0.481 e. The van der Waals surface area contributed by atoms with Crippen LogP contribution in [0.5, 0.6) is 0 Å². The van der Waals surface area contributed by atoms with Crippen molar-refractivity contribution in [2.24, 2.45) is 23.7 Å². The van der Waals surface area contributed by atoms with Crippen molar-refractivity contribution in [3.8, 4) is 0 Å². The molecule has 0 spiro atoms. The van der Waals surface area contributed by atoms with Crippen LogP contribution in [-0.4, -0.2) is 37.6 Å². The number of carboxylic acids is 1. The molecule has 1 aromatic rings. The molecule has 1 aliphatic heterocycles. The molecule has 2 saturated carbocycles. The molecule has 1 saturated heterocycles. The van der Waals surface area contributed by atoms with Crippen LogP contribution >= 0.6 is 0 Å². The van der Waals surface area contributed by atoms with Gasteiger partial charge in [0.1, 0.15) is 6.10 Å². The topological polar surface area (TPSA) is 110 Å². The third-order valence-electron chi connectivity index (χ3n) is 5.25. The first-order valence-corrected chi connectivity index (χ1v) is 8.89. The molecule has 2 N–H and O–H groups in total. The lowest BCUT2D eigenvalue weighted by molar-refractivity contribution is -0.151. The minimum absolute atomic E-state index is 0.107. The van der Waals surface area contributed by atoms with Gasteiger partial charge in [-0.15, -0.1) is 0 Å². The molecule has 2 aliphatic carbocycles. The van der Waals surface area contributed by atoms with Gasteiger partial charge in [0.15, 0.2) is 0 Å². The average molecular weight is 337 g/mol. The SMILES string of the molecule is O=C(O)[C@@H]1[C@@H]2C[C@@H]3[C@H](OC(=O)[C@@H]31)[C@@H]2NS(=O)(=O)c1ccccc1. The number of rotatable bonds is 4. The number of carbonyl (C=O) groups excluding carboxylic acids is 1. The van der Waals surface area contributed by atoms with Crippen LogP contribution in [0.3, 0.4) is 0 Å². The molecule has 0 radical (unpaired) electrons. The molecular formula is C15H15NO6S. The van der Waals surface area contributed by atoms with Crippen LogP contribution in [0.1, 0.15) is 6.42 Å². The van der Waals surface area contributed by atoms with Crippen molar-refractivity contribution in [3.63, 3.8) is 0 Å². The lowest BCUT2D eigenvalue weighted by atomic mass is 9.78.